The molecule has 1 aromatic carbocycles. The maximum atomic E-state index is 13.2. The average Bonchev–Trinajstić information content (AvgIpc) is 3.41. The van der Waals surface area contributed by atoms with Crippen LogP contribution in [0.3, 0.4) is 0 Å². The topological polar surface area (TPSA) is 95.3 Å². The summed E-state index contributed by atoms with van der Waals surface area (Å²) in [6.45, 7) is 2.82. The van der Waals surface area contributed by atoms with Crippen molar-refractivity contribution in [3.05, 3.63) is 46.9 Å². The number of carbonyl (C=O) groups excluding carboxylic acids is 1. The van der Waals surface area contributed by atoms with Gasteiger partial charge in [-0.2, -0.15) is 0 Å². The van der Waals surface area contributed by atoms with Crippen LogP contribution in [0.1, 0.15) is 19.8 Å². The zero-order valence-electron chi connectivity index (χ0n) is 17.3. The van der Waals surface area contributed by atoms with Crippen molar-refractivity contribution in [2.75, 3.05) is 17.9 Å². The number of pyridine rings is 1. The first-order chi connectivity index (χ1) is 15.6. The molecular weight excluding hydrogens is 448 g/mol. The number of amides is 1. The largest absolute Gasteiger partial charge is 0.454 e. The molecule has 0 radical (unpaired) electrons. The summed E-state index contributed by atoms with van der Waals surface area (Å²) in [5.74, 6) is 1.20. The summed E-state index contributed by atoms with van der Waals surface area (Å²) in [4.78, 5) is 35.8. The fourth-order valence-corrected chi connectivity index (χ4v) is 5.32. The second-order valence-electron chi connectivity index (χ2n) is 7.25. The van der Waals surface area contributed by atoms with Crippen LogP contribution in [-0.4, -0.2) is 33.0 Å². The van der Waals surface area contributed by atoms with Crippen molar-refractivity contribution in [1.82, 2.24) is 14.5 Å². The summed E-state index contributed by atoms with van der Waals surface area (Å²) in [7, 11) is 0. The molecule has 1 aliphatic heterocycles. The van der Waals surface area contributed by atoms with Gasteiger partial charge in [0.05, 0.1) is 11.3 Å². The minimum Gasteiger partial charge on any atom is -0.454 e. The van der Waals surface area contributed by atoms with Gasteiger partial charge in [0.25, 0.3) is 5.56 Å². The van der Waals surface area contributed by atoms with Gasteiger partial charge in [0.1, 0.15) is 9.53 Å². The first kappa shape index (κ1) is 20.8. The highest BCUT2D eigenvalue weighted by Gasteiger charge is 2.18. The van der Waals surface area contributed by atoms with Gasteiger partial charge in [-0.25, -0.2) is 9.97 Å². The Labute approximate surface area is 191 Å². The third-order valence-electron chi connectivity index (χ3n) is 5.04. The fourth-order valence-electron chi connectivity index (χ4n) is 3.47. The van der Waals surface area contributed by atoms with Crippen molar-refractivity contribution in [3.8, 4) is 11.5 Å². The number of nitrogens with one attached hydrogen (secondary N) is 1. The molecule has 0 unspecified atom stereocenters. The molecule has 0 saturated carbocycles. The monoisotopic (exact) mass is 468 g/mol. The smallest absolute Gasteiger partial charge is 0.272 e. The molecule has 10 heteroatoms. The van der Waals surface area contributed by atoms with Crippen molar-refractivity contribution in [3.63, 3.8) is 0 Å². The third kappa shape index (κ3) is 3.91. The van der Waals surface area contributed by atoms with Gasteiger partial charge < -0.3 is 14.8 Å². The van der Waals surface area contributed by atoms with E-state index < -0.39 is 0 Å². The lowest BCUT2D eigenvalue weighted by molar-refractivity contribution is -0.113. The van der Waals surface area contributed by atoms with Gasteiger partial charge in [-0.1, -0.05) is 25.1 Å². The SMILES string of the molecule is CCCCn1c(SCC(=O)Nc2ccc3c(c2)OCO3)nc2c(sc3ncccc32)c1=O. The molecule has 5 rings (SSSR count). The minimum atomic E-state index is -0.193. The molecule has 4 heterocycles. The first-order valence-electron chi connectivity index (χ1n) is 10.2. The number of thioether (sulfide) groups is 1. The van der Waals surface area contributed by atoms with E-state index in [0.717, 1.165) is 23.1 Å². The number of aromatic nitrogens is 3. The zero-order chi connectivity index (χ0) is 22.1. The maximum absolute atomic E-state index is 13.2. The molecule has 1 amide bonds. The van der Waals surface area contributed by atoms with Crippen LogP contribution in [0.5, 0.6) is 11.5 Å². The van der Waals surface area contributed by atoms with Crippen LogP contribution in [0.2, 0.25) is 0 Å². The Balaban J connectivity index is 1.41. The maximum Gasteiger partial charge on any atom is 0.272 e. The van der Waals surface area contributed by atoms with E-state index in [4.69, 9.17) is 14.5 Å². The van der Waals surface area contributed by atoms with Gasteiger partial charge in [-0.3, -0.25) is 14.2 Å². The van der Waals surface area contributed by atoms with Crippen LogP contribution in [0, 0.1) is 0 Å². The molecule has 1 N–H and O–H groups in total. The molecule has 4 aromatic rings. The summed E-state index contributed by atoms with van der Waals surface area (Å²) in [5, 5.41) is 4.26. The molecule has 0 aliphatic carbocycles. The van der Waals surface area contributed by atoms with Crippen LogP contribution < -0.4 is 20.3 Å². The van der Waals surface area contributed by atoms with Crippen molar-refractivity contribution in [1.29, 1.82) is 0 Å². The Bertz CT molecular complexity index is 1380. The van der Waals surface area contributed by atoms with Crippen molar-refractivity contribution in [2.45, 2.75) is 31.5 Å². The number of nitrogens with zero attached hydrogens (tertiary/aromatic N) is 3. The summed E-state index contributed by atoms with van der Waals surface area (Å²) in [5.41, 5.74) is 1.20. The number of carbonyl (C=O) groups is 1. The lowest BCUT2D eigenvalue weighted by atomic mass is 10.3. The highest BCUT2D eigenvalue weighted by molar-refractivity contribution is 7.99. The Kier molecular flexibility index (Phi) is 5.71. The molecule has 0 bridgehead atoms. The Hall–Kier alpha value is -3.11. The second-order valence-corrected chi connectivity index (χ2v) is 9.19. The number of unbranched alkanes of at least 4 members (excludes halogenated alkanes) is 1. The third-order valence-corrected chi connectivity index (χ3v) is 7.11. The zero-order valence-corrected chi connectivity index (χ0v) is 18.9. The normalized spacial score (nSPS) is 12.5. The van der Waals surface area contributed by atoms with E-state index in [1.165, 1.54) is 23.1 Å². The van der Waals surface area contributed by atoms with Gasteiger partial charge in [-0.15, -0.1) is 11.3 Å². The number of thiophene rings is 1. The van der Waals surface area contributed by atoms with Crippen LogP contribution >= 0.6 is 23.1 Å². The van der Waals surface area contributed by atoms with E-state index in [-0.39, 0.29) is 24.0 Å². The number of fused-ring (bicyclic) bond motifs is 4. The van der Waals surface area contributed by atoms with Gasteiger partial charge in [0.15, 0.2) is 16.7 Å². The summed E-state index contributed by atoms with van der Waals surface area (Å²) in [6, 6.07) is 9.02. The van der Waals surface area contributed by atoms with Crippen LogP contribution in [0.25, 0.3) is 20.4 Å². The lowest BCUT2D eigenvalue weighted by Crippen LogP contribution is -2.23. The van der Waals surface area contributed by atoms with Crippen molar-refractivity contribution in [2.24, 2.45) is 0 Å². The number of ether oxygens (including phenoxy) is 2. The van der Waals surface area contributed by atoms with E-state index in [9.17, 15) is 9.59 Å². The molecule has 8 nitrogen and oxygen atoms in total. The average molecular weight is 469 g/mol. The van der Waals surface area contributed by atoms with Gasteiger partial charge >= 0.3 is 0 Å². The first-order valence-corrected chi connectivity index (χ1v) is 12.0. The molecule has 0 fully saturated rings. The molecule has 32 heavy (non-hydrogen) atoms. The fraction of sp³-hybridized carbons (Fsp3) is 0.273. The summed E-state index contributed by atoms with van der Waals surface area (Å²) >= 11 is 2.62. The van der Waals surface area contributed by atoms with Crippen molar-refractivity contribution < 1.29 is 14.3 Å². The molecule has 3 aromatic heterocycles. The molecule has 0 atom stereocenters. The predicted octanol–water partition coefficient (Wildman–Crippen LogP) is 4.27. The molecular formula is C22H20N4O4S2. The second kappa shape index (κ2) is 8.79. The van der Waals surface area contributed by atoms with E-state index in [1.54, 1.807) is 29.0 Å². The van der Waals surface area contributed by atoms with E-state index in [2.05, 4.69) is 17.2 Å². The van der Waals surface area contributed by atoms with Gasteiger partial charge in [0.2, 0.25) is 12.7 Å². The molecule has 164 valence electrons. The molecule has 1 aliphatic rings. The summed E-state index contributed by atoms with van der Waals surface area (Å²) < 4.78 is 12.9. The number of benzene rings is 1. The van der Waals surface area contributed by atoms with E-state index >= 15 is 0 Å². The Morgan fingerprint density at radius 2 is 2.16 bits per heavy atom. The van der Waals surface area contributed by atoms with Gasteiger partial charge in [0, 0.05) is 29.9 Å². The van der Waals surface area contributed by atoms with E-state index in [0.29, 0.717) is 39.1 Å². The number of hydrogen-bond acceptors (Lipinski definition) is 8. The number of hydrogen-bond donors (Lipinski definition) is 1. The highest BCUT2D eigenvalue weighted by atomic mass is 32.2. The van der Waals surface area contributed by atoms with Crippen LogP contribution in [-0.2, 0) is 11.3 Å². The van der Waals surface area contributed by atoms with E-state index in [1.807, 2.05) is 12.1 Å². The van der Waals surface area contributed by atoms with Crippen molar-refractivity contribution >= 4 is 55.1 Å². The van der Waals surface area contributed by atoms with Crippen LogP contribution in [0.15, 0.2) is 46.5 Å². The number of anilines is 1. The van der Waals surface area contributed by atoms with Gasteiger partial charge in [-0.05, 0) is 30.7 Å². The Morgan fingerprint density at radius 3 is 3.03 bits per heavy atom. The molecule has 0 saturated heterocycles. The highest BCUT2D eigenvalue weighted by Crippen LogP contribution is 2.34. The predicted molar refractivity (Wildman–Crippen MR) is 126 cm³/mol. The van der Waals surface area contributed by atoms with Crippen LogP contribution in [0.4, 0.5) is 5.69 Å². The molecule has 0 spiro atoms. The lowest BCUT2D eigenvalue weighted by Gasteiger charge is -2.12. The quantitative estimate of drug-likeness (QED) is 0.320. The summed E-state index contributed by atoms with van der Waals surface area (Å²) in [6.07, 6.45) is 3.52. The Morgan fingerprint density at radius 1 is 1.28 bits per heavy atom. The number of rotatable bonds is 7. The standard InChI is InChI=1S/C22H20N4O4S2/c1-2-3-9-26-21(28)19-18(14-5-4-8-23-20(14)32-19)25-22(26)31-11-17(27)24-13-6-7-15-16(10-13)30-12-29-15/h4-8,10H,2-3,9,11-12H2,1H3,(H,24,27). The minimum absolute atomic E-state index is 0.0786.